The third-order valence-electron chi connectivity index (χ3n) is 3.80. The molecule has 0 radical (unpaired) electrons. The zero-order chi connectivity index (χ0) is 18.0. The zero-order valence-corrected chi connectivity index (χ0v) is 14.7. The third-order valence-corrected chi connectivity index (χ3v) is 4.71. The Morgan fingerprint density at radius 3 is 2.72 bits per heavy atom. The highest BCUT2D eigenvalue weighted by atomic mass is 32.2. The second-order valence-electron chi connectivity index (χ2n) is 5.69. The Hall–Kier alpha value is -2.73. The number of rotatable bonds is 4. The molecule has 0 saturated carbocycles. The second-order valence-corrected chi connectivity index (χ2v) is 6.68. The van der Waals surface area contributed by atoms with Crippen molar-refractivity contribution in [1.29, 1.82) is 0 Å². The fourth-order valence-corrected chi connectivity index (χ4v) is 3.40. The van der Waals surface area contributed by atoms with E-state index in [0.717, 1.165) is 22.9 Å². The van der Waals surface area contributed by atoms with Crippen LogP contribution in [0.25, 0.3) is 6.08 Å². The van der Waals surface area contributed by atoms with E-state index in [9.17, 15) is 14.7 Å². The molecule has 5 nitrogen and oxygen atoms in total. The molecule has 6 heteroatoms. The van der Waals surface area contributed by atoms with E-state index >= 15 is 0 Å². The van der Waals surface area contributed by atoms with Crippen molar-refractivity contribution >= 4 is 29.0 Å². The van der Waals surface area contributed by atoms with E-state index < -0.39 is 0 Å². The second kappa shape index (κ2) is 7.03. The first-order valence-electron chi connectivity index (χ1n) is 7.66. The fourth-order valence-electron chi connectivity index (χ4n) is 2.56. The molecule has 0 unspecified atom stereocenters. The number of amides is 2. The number of phenols is 1. The lowest BCUT2D eigenvalue weighted by atomic mass is 10.1. The number of aryl methyl sites for hydroxylation is 1. The van der Waals surface area contributed by atoms with E-state index in [0.29, 0.717) is 16.2 Å². The maximum Gasteiger partial charge on any atom is 0.293 e. The Bertz CT molecular complexity index is 875. The largest absolute Gasteiger partial charge is 0.504 e. The number of hydrogen-bond acceptors (Lipinski definition) is 5. The molecule has 128 valence electrons. The number of nitrogens with zero attached hydrogens (tertiary/aromatic N) is 1. The summed E-state index contributed by atoms with van der Waals surface area (Å²) in [6, 6.07) is 12.5. The Morgan fingerprint density at radius 1 is 1.20 bits per heavy atom. The van der Waals surface area contributed by atoms with Crippen LogP contribution in [-0.4, -0.2) is 28.3 Å². The number of hydrogen-bond donors (Lipinski definition) is 1. The summed E-state index contributed by atoms with van der Waals surface area (Å²) in [4.78, 5) is 26.4. The molecular formula is C19H17NO4S. The van der Waals surface area contributed by atoms with Gasteiger partial charge in [0.15, 0.2) is 11.5 Å². The van der Waals surface area contributed by atoms with Crippen LogP contribution in [0, 0.1) is 6.92 Å². The monoisotopic (exact) mass is 355 g/mol. The molecule has 1 N–H and O–H groups in total. The summed E-state index contributed by atoms with van der Waals surface area (Å²) in [5.74, 6) is 0.0171. The van der Waals surface area contributed by atoms with Crippen molar-refractivity contribution in [3.63, 3.8) is 0 Å². The topological polar surface area (TPSA) is 66.8 Å². The van der Waals surface area contributed by atoms with Gasteiger partial charge < -0.3 is 9.84 Å². The minimum absolute atomic E-state index is 0.0206. The van der Waals surface area contributed by atoms with Crippen LogP contribution in [0.1, 0.15) is 16.7 Å². The van der Waals surface area contributed by atoms with Crippen molar-refractivity contribution in [3.8, 4) is 11.5 Å². The Kier molecular flexibility index (Phi) is 4.81. The predicted molar refractivity (Wildman–Crippen MR) is 97.4 cm³/mol. The highest BCUT2D eigenvalue weighted by Crippen LogP contribution is 2.34. The van der Waals surface area contributed by atoms with Gasteiger partial charge in [-0.05, 0) is 48.0 Å². The first-order chi connectivity index (χ1) is 12.0. The molecule has 0 aliphatic carbocycles. The zero-order valence-electron chi connectivity index (χ0n) is 13.9. The van der Waals surface area contributed by atoms with Crippen molar-refractivity contribution in [3.05, 3.63) is 64.1 Å². The molecule has 3 rings (SSSR count). The van der Waals surface area contributed by atoms with Gasteiger partial charge in [-0.1, -0.05) is 35.9 Å². The maximum absolute atomic E-state index is 12.6. The van der Waals surface area contributed by atoms with Crippen LogP contribution >= 0.6 is 11.8 Å². The van der Waals surface area contributed by atoms with Gasteiger partial charge in [-0.2, -0.15) is 0 Å². The minimum atomic E-state index is -0.316. The summed E-state index contributed by atoms with van der Waals surface area (Å²) in [5, 5.41) is 9.35. The number of imide groups is 1. The van der Waals surface area contributed by atoms with Crippen LogP contribution in [0.5, 0.6) is 11.5 Å². The fraction of sp³-hybridized carbons (Fsp3) is 0.158. The summed E-state index contributed by atoms with van der Waals surface area (Å²) in [6.45, 7) is 2.22. The highest BCUT2D eigenvalue weighted by Gasteiger charge is 2.35. The van der Waals surface area contributed by atoms with Crippen LogP contribution in [0.3, 0.4) is 0 Å². The molecule has 0 atom stereocenters. The lowest BCUT2D eigenvalue weighted by Gasteiger charge is -2.12. The van der Waals surface area contributed by atoms with Gasteiger partial charge in [0.05, 0.1) is 18.6 Å². The number of thioether (sulfide) groups is 1. The first-order valence-corrected chi connectivity index (χ1v) is 8.47. The van der Waals surface area contributed by atoms with Crippen molar-refractivity contribution in [2.75, 3.05) is 7.11 Å². The van der Waals surface area contributed by atoms with Gasteiger partial charge in [-0.25, -0.2) is 0 Å². The molecule has 1 aliphatic rings. The average Bonchev–Trinajstić information content (AvgIpc) is 2.84. The number of carbonyl (C=O) groups is 2. The van der Waals surface area contributed by atoms with Crippen molar-refractivity contribution < 1.29 is 19.4 Å². The van der Waals surface area contributed by atoms with E-state index in [-0.39, 0.29) is 23.4 Å². The number of ether oxygens (including phenoxy) is 1. The quantitative estimate of drug-likeness (QED) is 0.841. The molecule has 2 aromatic carbocycles. The van der Waals surface area contributed by atoms with Crippen LogP contribution in [0.2, 0.25) is 0 Å². The summed E-state index contributed by atoms with van der Waals surface area (Å²) in [6.07, 6.45) is 1.63. The van der Waals surface area contributed by atoms with Crippen molar-refractivity contribution in [1.82, 2.24) is 4.90 Å². The maximum atomic E-state index is 12.6. The molecule has 1 saturated heterocycles. The number of carbonyl (C=O) groups excluding carboxylic acids is 2. The van der Waals surface area contributed by atoms with Gasteiger partial charge in [0, 0.05) is 0 Å². The van der Waals surface area contributed by atoms with Crippen LogP contribution < -0.4 is 4.74 Å². The number of aromatic hydroxyl groups is 1. The van der Waals surface area contributed by atoms with Gasteiger partial charge in [-0.3, -0.25) is 14.5 Å². The molecule has 1 fully saturated rings. The first kappa shape index (κ1) is 17.1. The van der Waals surface area contributed by atoms with E-state index in [2.05, 4.69) is 0 Å². The van der Waals surface area contributed by atoms with Crippen LogP contribution in [-0.2, 0) is 11.3 Å². The lowest BCUT2D eigenvalue weighted by molar-refractivity contribution is -0.123. The molecule has 0 spiro atoms. The number of benzene rings is 2. The predicted octanol–water partition coefficient (Wildman–Crippen LogP) is 3.95. The Labute approximate surface area is 149 Å². The van der Waals surface area contributed by atoms with Gasteiger partial charge in [0.2, 0.25) is 0 Å². The third kappa shape index (κ3) is 3.69. The van der Waals surface area contributed by atoms with Crippen LogP contribution in [0.15, 0.2) is 47.4 Å². The van der Waals surface area contributed by atoms with E-state index in [1.165, 1.54) is 18.1 Å². The highest BCUT2D eigenvalue weighted by molar-refractivity contribution is 8.18. The molecular weight excluding hydrogens is 338 g/mol. The average molecular weight is 355 g/mol. The number of methoxy groups -OCH3 is 1. The Balaban J connectivity index is 1.83. The van der Waals surface area contributed by atoms with E-state index in [4.69, 9.17) is 4.74 Å². The summed E-state index contributed by atoms with van der Waals surface area (Å²) >= 11 is 0.913. The standard InChI is InChI=1S/C19H17NO4S/c1-12-4-3-5-14(8-12)11-20-18(22)17(25-19(20)23)10-13-6-7-15(21)16(9-13)24-2/h3-10,21H,11H2,1-2H3/b17-10-. The molecule has 0 aromatic heterocycles. The Morgan fingerprint density at radius 2 is 2.00 bits per heavy atom. The van der Waals surface area contributed by atoms with Crippen molar-refractivity contribution in [2.24, 2.45) is 0 Å². The summed E-state index contributed by atoms with van der Waals surface area (Å²) < 4.78 is 5.06. The van der Waals surface area contributed by atoms with E-state index in [1.807, 2.05) is 31.2 Å². The van der Waals surface area contributed by atoms with Gasteiger partial charge in [-0.15, -0.1) is 0 Å². The van der Waals surface area contributed by atoms with Gasteiger partial charge >= 0.3 is 0 Å². The van der Waals surface area contributed by atoms with Gasteiger partial charge in [0.1, 0.15) is 0 Å². The SMILES string of the molecule is COc1cc(/C=C2\SC(=O)N(Cc3cccc(C)c3)C2=O)ccc1O. The van der Waals surface area contributed by atoms with E-state index in [1.54, 1.807) is 18.2 Å². The molecule has 25 heavy (non-hydrogen) atoms. The minimum Gasteiger partial charge on any atom is -0.504 e. The summed E-state index contributed by atoms with van der Waals surface area (Å²) in [5.41, 5.74) is 2.67. The summed E-state index contributed by atoms with van der Waals surface area (Å²) in [7, 11) is 1.45. The number of phenolic OH excluding ortho intramolecular Hbond substituents is 1. The molecule has 2 amide bonds. The molecule has 0 bridgehead atoms. The molecule has 2 aromatic rings. The van der Waals surface area contributed by atoms with Crippen molar-refractivity contribution in [2.45, 2.75) is 13.5 Å². The molecule has 1 heterocycles. The van der Waals surface area contributed by atoms with Gasteiger partial charge in [0.25, 0.3) is 11.1 Å². The smallest absolute Gasteiger partial charge is 0.293 e. The lowest BCUT2D eigenvalue weighted by Crippen LogP contribution is -2.27. The van der Waals surface area contributed by atoms with Crippen LogP contribution in [0.4, 0.5) is 4.79 Å². The normalized spacial score (nSPS) is 15.9. The molecule has 1 aliphatic heterocycles.